The van der Waals surface area contributed by atoms with Gasteiger partial charge in [-0.1, -0.05) is 6.08 Å². The maximum atomic E-state index is 12.3. The molecule has 0 spiro atoms. The van der Waals surface area contributed by atoms with Crippen LogP contribution in [0.5, 0.6) is 0 Å². The Labute approximate surface area is 107 Å². The van der Waals surface area contributed by atoms with E-state index in [1.54, 1.807) is 7.05 Å². The largest absolute Gasteiger partial charge is 0.395 e. The molecule has 0 aromatic carbocycles. The molecule has 0 aliphatic rings. The van der Waals surface area contributed by atoms with Gasteiger partial charge < -0.3 is 10.4 Å². The SMILES string of the molecule is C=CCN(CCO)S(=O)(=O)c1[nH]ncc1CNC. The Hall–Kier alpha value is -1.22. The van der Waals surface area contributed by atoms with Crippen molar-refractivity contribution in [2.24, 2.45) is 0 Å². The van der Waals surface area contributed by atoms with Crippen LogP contribution in [-0.4, -0.2) is 54.8 Å². The average molecular weight is 274 g/mol. The van der Waals surface area contributed by atoms with E-state index in [1.165, 1.54) is 12.3 Å². The van der Waals surface area contributed by atoms with Gasteiger partial charge in [-0.05, 0) is 7.05 Å². The number of aliphatic hydroxyl groups is 1. The van der Waals surface area contributed by atoms with Crippen molar-refractivity contribution < 1.29 is 13.5 Å². The van der Waals surface area contributed by atoms with Crippen molar-refractivity contribution in [2.45, 2.75) is 11.6 Å². The number of aromatic amines is 1. The second-order valence-corrected chi connectivity index (χ2v) is 5.50. The summed E-state index contributed by atoms with van der Waals surface area (Å²) >= 11 is 0. The van der Waals surface area contributed by atoms with E-state index >= 15 is 0 Å². The van der Waals surface area contributed by atoms with Gasteiger partial charge in [0.05, 0.1) is 12.8 Å². The highest BCUT2D eigenvalue weighted by Crippen LogP contribution is 2.17. The van der Waals surface area contributed by atoms with Gasteiger partial charge in [0, 0.05) is 25.2 Å². The van der Waals surface area contributed by atoms with Crippen LogP contribution in [0.1, 0.15) is 5.56 Å². The molecule has 0 bridgehead atoms. The van der Waals surface area contributed by atoms with Gasteiger partial charge in [0.25, 0.3) is 10.0 Å². The lowest BCUT2D eigenvalue weighted by atomic mass is 10.4. The number of nitrogens with one attached hydrogen (secondary N) is 2. The Morgan fingerprint density at radius 1 is 1.67 bits per heavy atom. The molecule has 7 nitrogen and oxygen atoms in total. The first-order valence-corrected chi connectivity index (χ1v) is 6.90. The van der Waals surface area contributed by atoms with E-state index in [1.807, 2.05) is 0 Å². The summed E-state index contributed by atoms with van der Waals surface area (Å²) < 4.78 is 25.8. The Morgan fingerprint density at radius 2 is 2.39 bits per heavy atom. The summed E-state index contributed by atoms with van der Waals surface area (Å²) in [5, 5.41) is 18.1. The molecule has 0 fully saturated rings. The van der Waals surface area contributed by atoms with Crippen LogP contribution in [-0.2, 0) is 16.6 Å². The van der Waals surface area contributed by atoms with Crippen LogP contribution >= 0.6 is 0 Å². The fourth-order valence-corrected chi connectivity index (χ4v) is 3.04. The van der Waals surface area contributed by atoms with Gasteiger partial charge >= 0.3 is 0 Å². The molecule has 0 saturated carbocycles. The molecule has 1 aromatic heterocycles. The van der Waals surface area contributed by atoms with Crippen LogP contribution < -0.4 is 5.32 Å². The monoisotopic (exact) mass is 274 g/mol. The Balaban J connectivity index is 3.09. The number of hydrogen-bond donors (Lipinski definition) is 3. The van der Waals surface area contributed by atoms with E-state index in [0.717, 1.165) is 4.31 Å². The van der Waals surface area contributed by atoms with E-state index in [9.17, 15) is 8.42 Å². The molecule has 18 heavy (non-hydrogen) atoms. The van der Waals surface area contributed by atoms with Gasteiger partial charge in [-0.3, -0.25) is 5.10 Å². The lowest BCUT2D eigenvalue weighted by Gasteiger charge is -2.19. The number of sulfonamides is 1. The van der Waals surface area contributed by atoms with Crippen molar-refractivity contribution in [2.75, 3.05) is 26.7 Å². The van der Waals surface area contributed by atoms with Gasteiger partial charge in [0.15, 0.2) is 5.03 Å². The Kier molecular flexibility index (Phi) is 5.48. The van der Waals surface area contributed by atoms with Gasteiger partial charge in [-0.15, -0.1) is 6.58 Å². The van der Waals surface area contributed by atoms with Gasteiger partial charge in [-0.2, -0.15) is 9.40 Å². The number of aliphatic hydroxyl groups excluding tert-OH is 1. The maximum absolute atomic E-state index is 12.3. The van der Waals surface area contributed by atoms with Crippen molar-refractivity contribution in [3.8, 4) is 0 Å². The minimum atomic E-state index is -3.69. The first-order chi connectivity index (χ1) is 8.57. The van der Waals surface area contributed by atoms with Crippen LogP contribution in [0.4, 0.5) is 0 Å². The molecule has 8 heteroatoms. The fraction of sp³-hybridized carbons (Fsp3) is 0.500. The van der Waals surface area contributed by atoms with Crippen LogP contribution in [0.2, 0.25) is 0 Å². The molecule has 102 valence electrons. The molecule has 0 unspecified atom stereocenters. The molecule has 0 aliphatic carbocycles. The average Bonchev–Trinajstić information content (AvgIpc) is 2.78. The fourth-order valence-electron chi connectivity index (χ4n) is 1.53. The van der Waals surface area contributed by atoms with E-state index in [-0.39, 0.29) is 24.7 Å². The van der Waals surface area contributed by atoms with Crippen molar-refractivity contribution in [1.82, 2.24) is 19.8 Å². The molecule has 0 atom stereocenters. The van der Waals surface area contributed by atoms with Crippen molar-refractivity contribution in [3.63, 3.8) is 0 Å². The minimum Gasteiger partial charge on any atom is -0.395 e. The highest BCUT2D eigenvalue weighted by atomic mass is 32.2. The van der Waals surface area contributed by atoms with Gasteiger partial charge in [-0.25, -0.2) is 8.42 Å². The predicted octanol–water partition coefficient (Wildman–Crippen LogP) is -0.702. The van der Waals surface area contributed by atoms with Crippen LogP contribution in [0.3, 0.4) is 0 Å². The maximum Gasteiger partial charge on any atom is 0.260 e. The minimum absolute atomic E-state index is 0.0202. The van der Waals surface area contributed by atoms with Crippen molar-refractivity contribution >= 4 is 10.0 Å². The third-order valence-corrected chi connectivity index (χ3v) is 4.21. The molecular formula is C10H18N4O3S. The summed E-state index contributed by atoms with van der Waals surface area (Å²) in [6.45, 7) is 3.82. The first kappa shape index (κ1) is 14.8. The van der Waals surface area contributed by atoms with E-state index in [4.69, 9.17) is 5.11 Å². The second kappa shape index (κ2) is 6.64. The van der Waals surface area contributed by atoms with E-state index in [0.29, 0.717) is 12.1 Å². The molecule has 3 N–H and O–H groups in total. The zero-order chi connectivity index (χ0) is 13.6. The Bertz CT molecular complexity index is 483. The molecule has 1 heterocycles. The molecule has 1 rings (SSSR count). The van der Waals surface area contributed by atoms with E-state index in [2.05, 4.69) is 22.1 Å². The number of aromatic nitrogens is 2. The van der Waals surface area contributed by atoms with Crippen molar-refractivity contribution in [1.29, 1.82) is 0 Å². The first-order valence-electron chi connectivity index (χ1n) is 5.46. The normalized spacial score (nSPS) is 11.9. The van der Waals surface area contributed by atoms with Crippen molar-refractivity contribution in [3.05, 3.63) is 24.4 Å². The van der Waals surface area contributed by atoms with E-state index < -0.39 is 10.0 Å². The smallest absolute Gasteiger partial charge is 0.260 e. The lowest BCUT2D eigenvalue weighted by Crippen LogP contribution is -2.34. The molecule has 0 amide bonds. The molecule has 1 aromatic rings. The summed E-state index contributed by atoms with van der Waals surface area (Å²) in [6.07, 6.45) is 2.94. The van der Waals surface area contributed by atoms with Gasteiger partial charge in [0.2, 0.25) is 0 Å². The Morgan fingerprint density at radius 3 is 2.94 bits per heavy atom. The number of nitrogens with zero attached hydrogens (tertiary/aromatic N) is 2. The highest BCUT2D eigenvalue weighted by Gasteiger charge is 2.27. The zero-order valence-corrected chi connectivity index (χ0v) is 11.1. The topological polar surface area (TPSA) is 98.3 Å². The highest BCUT2D eigenvalue weighted by molar-refractivity contribution is 7.89. The molecule has 0 radical (unpaired) electrons. The molecular weight excluding hydrogens is 256 g/mol. The lowest BCUT2D eigenvalue weighted by molar-refractivity contribution is 0.260. The summed E-state index contributed by atoms with van der Waals surface area (Å²) in [6, 6.07) is 0. The summed E-state index contributed by atoms with van der Waals surface area (Å²) in [7, 11) is -1.97. The third kappa shape index (κ3) is 3.16. The van der Waals surface area contributed by atoms with Crippen LogP contribution in [0.25, 0.3) is 0 Å². The summed E-state index contributed by atoms with van der Waals surface area (Å²) in [5.74, 6) is 0. The van der Waals surface area contributed by atoms with Gasteiger partial charge in [0.1, 0.15) is 0 Å². The van der Waals surface area contributed by atoms with Crippen LogP contribution in [0.15, 0.2) is 23.9 Å². The quantitative estimate of drug-likeness (QED) is 0.544. The number of rotatable bonds is 8. The summed E-state index contributed by atoms with van der Waals surface area (Å²) in [4.78, 5) is 0. The number of hydrogen-bond acceptors (Lipinski definition) is 5. The standard InChI is InChI=1S/C10H18N4O3S/c1-3-4-14(5-6-15)18(16,17)10-9(7-11-2)8-12-13-10/h3,8,11,15H,1,4-7H2,2H3,(H,12,13). The zero-order valence-electron chi connectivity index (χ0n) is 10.3. The summed E-state index contributed by atoms with van der Waals surface area (Å²) in [5.41, 5.74) is 0.560. The molecule has 0 saturated heterocycles. The molecule has 0 aliphatic heterocycles. The van der Waals surface area contributed by atoms with Crippen LogP contribution in [0, 0.1) is 0 Å². The third-order valence-electron chi connectivity index (χ3n) is 2.33. The number of H-pyrrole nitrogens is 1. The second-order valence-electron chi connectivity index (χ2n) is 3.63. The predicted molar refractivity (Wildman–Crippen MR) is 67.4 cm³/mol.